The average Bonchev–Trinajstić information content (AvgIpc) is 3.19. The summed E-state index contributed by atoms with van der Waals surface area (Å²) in [6.07, 6.45) is 1.62. The van der Waals surface area contributed by atoms with Gasteiger partial charge in [-0.1, -0.05) is 27.7 Å². The summed E-state index contributed by atoms with van der Waals surface area (Å²) >= 11 is 0. The summed E-state index contributed by atoms with van der Waals surface area (Å²) in [5.74, 6) is -3.05. The number of carboxylic acid groups (broad SMARTS) is 1. The van der Waals surface area contributed by atoms with Crippen LogP contribution in [0.3, 0.4) is 0 Å². The first kappa shape index (κ1) is 28.3. The number of hydrogen-bond acceptors (Lipinski definition) is 6. The zero-order valence-electron chi connectivity index (χ0n) is 20.0. The van der Waals surface area contributed by atoms with Crippen molar-refractivity contribution in [2.45, 2.75) is 90.4 Å². The molecule has 0 spiro atoms. The van der Waals surface area contributed by atoms with Crippen LogP contribution in [0.2, 0.25) is 0 Å². The van der Waals surface area contributed by atoms with Crippen molar-refractivity contribution in [3.05, 3.63) is 0 Å². The van der Waals surface area contributed by atoms with Gasteiger partial charge in [0.2, 0.25) is 23.6 Å². The predicted molar refractivity (Wildman–Crippen MR) is 122 cm³/mol. The molecular weight excluding hydrogens is 430 g/mol. The Bertz CT molecular complexity index is 726. The third-order valence-corrected chi connectivity index (χ3v) is 5.52. The Hall–Kier alpha value is -2.69. The van der Waals surface area contributed by atoms with Gasteiger partial charge in [0.25, 0.3) is 0 Å². The van der Waals surface area contributed by atoms with Crippen molar-refractivity contribution >= 4 is 29.6 Å². The molecule has 0 saturated carbocycles. The van der Waals surface area contributed by atoms with Crippen molar-refractivity contribution in [3.8, 4) is 0 Å². The molecule has 4 unspecified atom stereocenters. The first-order valence-corrected chi connectivity index (χ1v) is 11.5. The fraction of sp³-hybridized carbons (Fsp3) is 0.773. The van der Waals surface area contributed by atoms with Crippen LogP contribution in [0.15, 0.2) is 0 Å². The molecule has 7 N–H and O–H groups in total. The lowest BCUT2D eigenvalue weighted by atomic mass is 10.0. The predicted octanol–water partition coefficient (Wildman–Crippen LogP) is -0.283. The number of hydrogen-bond donors (Lipinski definition) is 5. The molecule has 11 heteroatoms. The van der Waals surface area contributed by atoms with E-state index < -0.39 is 53.8 Å². The van der Waals surface area contributed by atoms with E-state index >= 15 is 0 Å². The van der Waals surface area contributed by atoms with Gasteiger partial charge in [-0.2, -0.15) is 0 Å². The molecule has 1 heterocycles. The second kappa shape index (κ2) is 13.1. The smallest absolute Gasteiger partial charge is 0.326 e. The molecule has 1 saturated heterocycles. The van der Waals surface area contributed by atoms with Gasteiger partial charge in [-0.3, -0.25) is 19.2 Å². The van der Waals surface area contributed by atoms with Gasteiger partial charge in [-0.05, 0) is 43.9 Å². The molecule has 0 aromatic heterocycles. The number of carboxylic acids is 1. The van der Waals surface area contributed by atoms with Crippen LogP contribution in [0.5, 0.6) is 0 Å². The molecule has 4 atom stereocenters. The minimum absolute atomic E-state index is 0.0487. The lowest BCUT2D eigenvalue weighted by Crippen LogP contribution is -2.57. The molecule has 0 aromatic rings. The SMILES string of the molecule is CC(C)CC(NC(=O)C1CCCN1C(=O)C(CC(C)C)NC(=O)C(N)CCC(N)=O)C(=O)O. The van der Waals surface area contributed by atoms with E-state index in [2.05, 4.69) is 10.6 Å². The van der Waals surface area contributed by atoms with Crippen molar-refractivity contribution in [3.63, 3.8) is 0 Å². The maximum atomic E-state index is 13.3. The summed E-state index contributed by atoms with van der Waals surface area (Å²) in [6, 6.07) is -3.73. The van der Waals surface area contributed by atoms with Gasteiger partial charge >= 0.3 is 5.97 Å². The number of likely N-dealkylation sites (tertiary alicyclic amines) is 1. The van der Waals surface area contributed by atoms with Gasteiger partial charge in [-0.15, -0.1) is 0 Å². The number of primary amides is 1. The fourth-order valence-corrected chi connectivity index (χ4v) is 3.86. The van der Waals surface area contributed by atoms with Crippen LogP contribution in [-0.2, 0) is 24.0 Å². The number of rotatable bonds is 13. The monoisotopic (exact) mass is 469 g/mol. The zero-order valence-corrected chi connectivity index (χ0v) is 20.0. The normalized spacial score (nSPS) is 18.6. The van der Waals surface area contributed by atoms with Crippen LogP contribution < -0.4 is 22.1 Å². The second-order valence-electron chi connectivity index (χ2n) is 9.52. The number of nitrogens with one attached hydrogen (secondary N) is 2. The molecule has 1 aliphatic heterocycles. The Labute approximate surface area is 195 Å². The van der Waals surface area contributed by atoms with Gasteiger partial charge in [0.15, 0.2) is 0 Å². The number of aliphatic carboxylic acids is 1. The maximum absolute atomic E-state index is 13.3. The average molecular weight is 470 g/mol. The Kier molecular flexibility index (Phi) is 11.3. The molecule has 11 nitrogen and oxygen atoms in total. The highest BCUT2D eigenvalue weighted by molar-refractivity contribution is 5.94. The Morgan fingerprint density at radius 2 is 1.58 bits per heavy atom. The van der Waals surface area contributed by atoms with Crippen molar-refractivity contribution in [1.82, 2.24) is 15.5 Å². The van der Waals surface area contributed by atoms with Crippen LogP contribution in [0.1, 0.15) is 66.2 Å². The van der Waals surface area contributed by atoms with Crippen molar-refractivity contribution in [2.75, 3.05) is 6.54 Å². The summed E-state index contributed by atoms with van der Waals surface area (Å²) < 4.78 is 0. The van der Waals surface area contributed by atoms with Crippen molar-refractivity contribution in [1.29, 1.82) is 0 Å². The van der Waals surface area contributed by atoms with E-state index in [1.54, 1.807) is 0 Å². The number of carbonyl (C=O) groups is 5. The summed E-state index contributed by atoms with van der Waals surface area (Å²) in [5, 5.41) is 14.6. The molecule has 0 aliphatic carbocycles. The zero-order chi connectivity index (χ0) is 25.3. The van der Waals surface area contributed by atoms with E-state index in [1.165, 1.54) is 4.90 Å². The van der Waals surface area contributed by atoms with Crippen LogP contribution in [0.4, 0.5) is 0 Å². The first-order chi connectivity index (χ1) is 15.3. The topological polar surface area (TPSA) is 185 Å². The van der Waals surface area contributed by atoms with Crippen LogP contribution >= 0.6 is 0 Å². The standard InChI is InChI=1S/C22H39N5O6/c1-12(2)10-15(25-19(29)14(23)7-8-18(24)28)21(31)27-9-5-6-17(27)20(30)26-16(22(32)33)11-13(3)4/h12-17H,5-11,23H2,1-4H3,(H2,24,28)(H,25,29)(H,26,30)(H,32,33). The lowest BCUT2D eigenvalue weighted by Gasteiger charge is -2.30. The lowest BCUT2D eigenvalue weighted by molar-refractivity contribution is -0.145. The highest BCUT2D eigenvalue weighted by atomic mass is 16.4. The molecule has 0 radical (unpaired) electrons. The minimum Gasteiger partial charge on any atom is -0.480 e. The minimum atomic E-state index is -1.12. The Balaban J connectivity index is 2.92. The van der Waals surface area contributed by atoms with E-state index in [1.807, 2.05) is 27.7 Å². The molecule has 4 amide bonds. The van der Waals surface area contributed by atoms with Gasteiger partial charge < -0.3 is 32.1 Å². The number of amides is 4. The van der Waals surface area contributed by atoms with E-state index in [0.717, 1.165) is 0 Å². The van der Waals surface area contributed by atoms with Crippen LogP contribution in [-0.4, -0.2) is 70.3 Å². The van der Waals surface area contributed by atoms with E-state index in [-0.39, 0.29) is 31.1 Å². The largest absolute Gasteiger partial charge is 0.480 e. The van der Waals surface area contributed by atoms with Crippen LogP contribution in [0.25, 0.3) is 0 Å². The third-order valence-electron chi connectivity index (χ3n) is 5.52. The third kappa shape index (κ3) is 9.37. The van der Waals surface area contributed by atoms with Gasteiger partial charge in [-0.25, -0.2) is 4.79 Å². The molecule has 1 aliphatic rings. The van der Waals surface area contributed by atoms with Crippen molar-refractivity contribution < 1.29 is 29.1 Å². The number of nitrogens with zero attached hydrogens (tertiary/aromatic N) is 1. The summed E-state index contributed by atoms with van der Waals surface area (Å²) in [4.78, 5) is 62.6. The highest BCUT2D eigenvalue weighted by Gasteiger charge is 2.39. The quantitative estimate of drug-likeness (QED) is 0.245. The van der Waals surface area contributed by atoms with Crippen LogP contribution in [0, 0.1) is 11.8 Å². The molecule has 33 heavy (non-hydrogen) atoms. The highest BCUT2D eigenvalue weighted by Crippen LogP contribution is 2.21. The molecular formula is C22H39N5O6. The molecule has 0 aromatic carbocycles. The fourth-order valence-electron chi connectivity index (χ4n) is 3.86. The van der Waals surface area contributed by atoms with Gasteiger partial charge in [0.1, 0.15) is 18.1 Å². The second-order valence-corrected chi connectivity index (χ2v) is 9.52. The van der Waals surface area contributed by atoms with Crippen molar-refractivity contribution in [2.24, 2.45) is 23.3 Å². The van der Waals surface area contributed by atoms with E-state index in [0.29, 0.717) is 25.8 Å². The van der Waals surface area contributed by atoms with Gasteiger partial charge in [0.05, 0.1) is 6.04 Å². The Morgan fingerprint density at radius 3 is 2.09 bits per heavy atom. The molecule has 1 fully saturated rings. The number of nitrogens with two attached hydrogens (primary N) is 2. The first-order valence-electron chi connectivity index (χ1n) is 11.5. The molecule has 1 rings (SSSR count). The summed E-state index contributed by atoms with van der Waals surface area (Å²) in [6.45, 7) is 7.85. The number of carbonyl (C=O) groups excluding carboxylic acids is 4. The van der Waals surface area contributed by atoms with E-state index in [9.17, 15) is 29.1 Å². The van der Waals surface area contributed by atoms with Gasteiger partial charge in [0, 0.05) is 13.0 Å². The molecule has 0 bridgehead atoms. The summed E-state index contributed by atoms with van der Waals surface area (Å²) in [7, 11) is 0. The maximum Gasteiger partial charge on any atom is 0.326 e. The van der Waals surface area contributed by atoms with E-state index in [4.69, 9.17) is 11.5 Å². The Morgan fingerprint density at radius 1 is 1.00 bits per heavy atom. The summed E-state index contributed by atoms with van der Waals surface area (Å²) in [5.41, 5.74) is 10.9. The molecule has 188 valence electrons.